The van der Waals surface area contributed by atoms with Crippen molar-refractivity contribution in [3.8, 4) is 5.75 Å². The third-order valence-electron chi connectivity index (χ3n) is 2.93. The molecule has 0 aliphatic carbocycles. The van der Waals surface area contributed by atoms with Crippen molar-refractivity contribution >= 4 is 46.3 Å². The number of hydrogen-bond acceptors (Lipinski definition) is 6. The number of ether oxygens (including phenoxy) is 1. The molecule has 0 spiro atoms. The van der Waals surface area contributed by atoms with Crippen molar-refractivity contribution in [2.75, 3.05) is 0 Å². The number of thioether (sulfide) groups is 1. The SMILES string of the molecule is CCC(Oc1ccc(/C=C2\SC(=S)N(N)C2=O)cc1)C(=O)O. The van der Waals surface area contributed by atoms with Gasteiger partial charge in [0.1, 0.15) is 5.75 Å². The van der Waals surface area contributed by atoms with Gasteiger partial charge in [0.05, 0.1) is 4.91 Å². The summed E-state index contributed by atoms with van der Waals surface area (Å²) in [5.74, 6) is 4.61. The van der Waals surface area contributed by atoms with Crippen LogP contribution in [0.4, 0.5) is 0 Å². The van der Waals surface area contributed by atoms with E-state index in [1.807, 2.05) is 0 Å². The lowest BCUT2D eigenvalue weighted by Crippen LogP contribution is -2.34. The Morgan fingerprint density at radius 1 is 1.50 bits per heavy atom. The molecule has 0 radical (unpaired) electrons. The van der Waals surface area contributed by atoms with Gasteiger partial charge in [-0.1, -0.05) is 43.0 Å². The molecule has 1 unspecified atom stereocenters. The third kappa shape index (κ3) is 3.65. The van der Waals surface area contributed by atoms with E-state index in [4.69, 9.17) is 27.9 Å². The topological polar surface area (TPSA) is 92.9 Å². The first-order chi connectivity index (χ1) is 10.4. The standard InChI is InChI=1S/C14H14N2O4S2/c1-2-10(13(18)19)20-9-5-3-8(4-6-9)7-11-12(17)16(15)14(21)22-11/h3-7,10H,2,15H2,1H3,(H,18,19)/b11-7-. The number of rotatable bonds is 5. The van der Waals surface area contributed by atoms with Crippen LogP contribution in [0, 0.1) is 0 Å². The Bertz CT molecular complexity index is 643. The van der Waals surface area contributed by atoms with Gasteiger partial charge in [0.2, 0.25) is 0 Å². The fourth-order valence-corrected chi connectivity index (χ4v) is 2.85. The Kier molecular flexibility index (Phi) is 5.17. The number of carbonyl (C=O) groups excluding carboxylic acids is 1. The smallest absolute Gasteiger partial charge is 0.344 e. The number of hydrazine groups is 1. The monoisotopic (exact) mass is 338 g/mol. The summed E-state index contributed by atoms with van der Waals surface area (Å²) < 4.78 is 5.67. The van der Waals surface area contributed by atoms with E-state index in [9.17, 15) is 9.59 Å². The van der Waals surface area contributed by atoms with Gasteiger partial charge in [0.15, 0.2) is 10.4 Å². The highest BCUT2D eigenvalue weighted by Gasteiger charge is 2.29. The minimum Gasteiger partial charge on any atom is -0.479 e. The molecule has 1 saturated heterocycles. The number of thiocarbonyl (C=S) groups is 1. The summed E-state index contributed by atoms with van der Waals surface area (Å²) in [5, 5.41) is 9.89. The van der Waals surface area contributed by atoms with Gasteiger partial charge in [0.25, 0.3) is 5.91 Å². The quantitative estimate of drug-likeness (QED) is 0.367. The highest BCUT2D eigenvalue weighted by molar-refractivity contribution is 8.26. The Morgan fingerprint density at radius 3 is 2.59 bits per heavy atom. The first-order valence-electron chi connectivity index (χ1n) is 6.44. The molecule has 0 bridgehead atoms. The number of hydrogen-bond donors (Lipinski definition) is 2. The summed E-state index contributed by atoms with van der Waals surface area (Å²) in [4.78, 5) is 23.1. The molecule has 1 fully saturated rings. The molecule has 1 aliphatic heterocycles. The second-order valence-electron chi connectivity index (χ2n) is 4.47. The van der Waals surface area contributed by atoms with E-state index in [1.165, 1.54) is 0 Å². The molecular weight excluding hydrogens is 324 g/mol. The van der Waals surface area contributed by atoms with Crippen LogP contribution in [0.1, 0.15) is 18.9 Å². The lowest BCUT2D eigenvalue weighted by atomic mass is 10.2. The Hall–Kier alpha value is -1.90. The van der Waals surface area contributed by atoms with Crippen LogP contribution in [0.3, 0.4) is 0 Å². The van der Waals surface area contributed by atoms with Crippen molar-refractivity contribution in [3.05, 3.63) is 34.7 Å². The average molecular weight is 338 g/mol. The van der Waals surface area contributed by atoms with Gasteiger partial charge >= 0.3 is 5.97 Å². The number of benzene rings is 1. The van der Waals surface area contributed by atoms with Gasteiger partial charge in [-0.25, -0.2) is 15.6 Å². The highest BCUT2D eigenvalue weighted by Crippen LogP contribution is 2.30. The molecule has 0 saturated carbocycles. The number of nitrogens with zero attached hydrogens (tertiary/aromatic N) is 1. The molecule has 6 nitrogen and oxygen atoms in total. The number of amides is 1. The van der Waals surface area contributed by atoms with E-state index in [2.05, 4.69) is 0 Å². The predicted octanol–water partition coefficient (Wildman–Crippen LogP) is 2.00. The predicted molar refractivity (Wildman–Crippen MR) is 88.0 cm³/mol. The molecule has 3 N–H and O–H groups in total. The summed E-state index contributed by atoms with van der Waals surface area (Å²) in [6.07, 6.45) is 1.17. The van der Waals surface area contributed by atoms with Crippen molar-refractivity contribution in [1.29, 1.82) is 0 Å². The first kappa shape index (κ1) is 16.5. The van der Waals surface area contributed by atoms with Crippen LogP contribution in [0.2, 0.25) is 0 Å². The van der Waals surface area contributed by atoms with Crippen LogP contribution >= 0.6 is 24.0 Å². The zero-order valence-corrected chi connectivity index (χ0v) is 13.3. The van der Waals surface area contributed by atoms with Crippen LogP contribution < -0.4 is 10.6 Å². The van der Waals surface area contributed by atoms with Crippen molar-refractivity contribution in [1.82, 2.24) is 5.01 Å². The fourth-order valence-electron chi connectivity index (χ4n) is 1.75. The second-order valence-corrected chi connectivity index (χ2v) is 6.15. The zero-order chi connectivity index (χ0) is 16.3. The molecule has 1 aromatic carbocycles. The molecule has 1 aliphatic rings. The number of nitrogens with two attached hydrogens (primary N) is 1. The van der Waals surface area contributed by atoms with Gasteiger partial charge in [-0.15, -0.1) is 0 Å². The normalized spacial score (nSPS) is 17.9. The number of carbonyl (C=O) groups is 2. The van der Waals surface area contributed by atoms with E-state index in [-0.39, 0.29) is 5.91 Å². The lowest BCUT2D eigenvalue weighted by molar-refractivity contribution is -0.145. The van der Waals surface area contributed by atoms with Gasteiger partial charge in [-0.3, -0.25) is 4.79 Å². The molecule has 1 amide bonds. The molecule has 8 heteroatoms. The summed E-state index contributed by atoms with van der Waals surface area (Å²) in [5.41, 5.74) is 0.768. The molecular formula is C14H14N2O4S2. The molecule has 1 heterocycles. The van der Waals surface area contributed by atoms with Crippen LogP contribution in [0.5, 0.6) is 5.75 Å². The van der Waals surface area contributed by atoms with Crippen LogP contribution in [0.15, 0.2) is 29.2 Å². The zero-order valence-electron chi connectivity index (χ0n) is 11.7. The second kappa shape index (κ2) is 6.91. The largest absolute Gasteiger partial charge is 0.479 e. The van der Waals surface area contributed by atoms with Gasteiger partial charge < -0.3 is 9.84 Å². The van der Waals surface area contributed by atoms with E-state index in [0.717, 1.165) is 22.3 Å². The van der Waals surface area contributed by atoms with Crippen LogP contribution in [-0.4, -0.2) is 32.4 Å². The van der Waals surface area contributed by atoms with Crippen molar-refractivity contribution in [2.24, 2.45) is 5.84 Å². The summed E-state index contributed by atoms with van der Waals surface area (Å²) in [6, 6.07) is 6.77. The maximum atomic E-state index is 11.8. The molecule has 1 aromatic rings. The third-order valence-corrected chi connectivity index (χ3v) is 4.26. The molecule has 116 valence electrons. The minimum atomic E-state index is -1.00. The van der Waals surface area contributed by atoms with Gasteiger partial charge in [-0.05, 0) is 30.2 Å². The lowest BCUT2D eigenvalue weighted by Gasteiger charge is -2.13. The number of carboxylic acids is 1. The molecule has 2 rings (SSSR count). The van der Waals surface area contributed by atoms with E-state index in [0.29, 0.717) is 21.4 Å². The molecule has 1 atom stereocenters. The van der Waals surface area contributed by atoms with Crippen molar-refractivity contribution in [3.63, 3.8) is 0 Å². The first-order valence-corrected chi connectivity index (χ1v) is 7.67. The number of aliphatic carboxylic acids is 1. The average Bonchev–Trinajstić information content (AvgIpc) is 2.73. The summed E-state index contributed by atoms with van der Waals surface area (Å²) >= 11 is 6.08. The van der Waals surface area contributed by atoms with E-state index < -0.39 is 12.1 Å². The van der Waals surface area contributed by atoms with Gasteiger partial charge in [-0.2, -0.15) is 0 Å². The van der Waals surface area contributed by atoms with Crippen molar-refractivity contribution in [2.45, 2.75) is 19.4 Å². The minimum absolute atomic E-state index is 0.309. The number of carboxylic acid groups (broad SMARTS) is 1. The van der Waals surface area contributed by atoms with E-state index >= 15 is 0 Å². The Balaban J connectivity index is 2.11. The maximum absolute atomic E-state index is 11.8. The van der Waals surface area contributed by atoms with Crippen LogP contribution in [0.25, 0.3) is 6.08 Å². The van der Waals surface area contributed by atoms with Crippen LogP contribution in [-0.2, 0) is 9.59 Å². The Labute approximate surface area is 136 Å². The van der Waals surface area contributed by atoms with Crippen molar-refractivity contribution < 1.29 is 19.4 Å². The maximum Gasteiger partial charge on any atom is 0.344 e. The molecule has 22 heavy (non-hydrogen) atoms. The Morgan fingerprint density at radius 2 is 2.14 bits per heavy atom. The van der Waals surface area contributed by atoms with Gasteiger partial charge in [0, 0.05) is 0 Å². The summed E-state index contributed by atoms with van der Waals surface area (Å²) in [6.45, 7) is 1.74. The highest BCUT2D eigenvalue weighted by atomic mass is 32.2. The molecule has 0 aromatic heterocycles. The van der Waals surface area contributed by atoms with E-state index in [1.54, 1.807) is 37.3 Å². The summed E-state index contributed by atoms with van der Waals surface area (Å²) in [7, 11) is 0. The fraction of sp³-hybridized carbons (Fsp3) is 0.214.